The second-order valence-corrected chi connectivity index (χ2v) is 5.86. The van der Waals surface area contributed by atoms with Crippen molar-refractivity contribution in [3.63, 3.8) is 0 Å². The average Bonchev–Trinajstić information content (AvgIpc) is 2.31. The Bertz CT molecular complexity index is 402. The van der Waals surface area contributed by atoms with Crippen molar-refractivity contribution in [3.05, 3.63) is 5.21 Å². The number of carboxylic acid groups (broad SMARTS) is 1. The van der Waals surface area contributed by atoms with E-state index in [-0.39, 0.29) is 10.9 Å². The van der Waals surface area contributed by atoms with E-state index in [1.54, 1.807) is 34.6 Å². The molecule has 0 saturated heterocycles. The number of hydrazine groups is 1. The Morgan fingerprint density at radius 1 is 1.38 bits per heavy atom. The maximum Gasteiger partial charge on any atom is 0.332 e. The van der Waals surface area contributed by atoms with E-state index in [0.29, 0.717) is 0 Å². The number of carbonyl (C=O) groups is 2. The highest BCUT2D eigenvalue weighted by atomic mass is 16.8. The van der Waals surface area contributed by atoms with Crippen LogP contribution in [0, 0.1) is 16.5 Å². The summed E-state index contributed by atoms with van der Waals surface area (Å²) in [6.07, 6.45) is 0. The monoisotopic (exact) mass is 305 g/mol. The van der Waals surface area contributed by atoms with Crippen molar-refractivity contribution in [2.75, 3.05) is 13.8 Å². The van der Waals surface area contributed by atoms with E-state index in [2.05, 4.69) is 10.1 Å². The fourth-order valence-electron chi connectivity index (χ4n) is 1.41. The molecule has 0 radical (unpaired) electrons. The van der Waals surface area contributed by atoms with E-state index in [9.17, 15) is 14.8 Å². The number of hydrogen-bond acceptors (Lipinski definition) is 6. The van der Waals surface area contributed by atoms with Crippen molar-refractivity contribution in [2.24, 2.45) is 16.6 Å². The van der Waals surface area contributed by atoms with Crippen molar-refractivity contribution < 1.29 is 29.2 Å². The van der Waals surface area contributed by atoms with Crippen LogP contribution < -0.4 is 0 Å². The number of ether oxygens (including phenoxy) is 1. The van der Waals surface area contributed by atoms with E-state index in [1.165, 1.54) is 7.05 Å². The molecular formula is C12H23N3O6. The molecule has 0 heterocycles. The minimum Gasteiger partial charge on any atom is -0.569 e. The Morgan fingerprint density at radius 2 is 1.90 bits per heavy atom. The minimum absolute atomic E-state index is 0.00368. The van der Waals surface area contributed by atoms with Crippen molar-refractivity contribution in [2.45, 2.75) is 40.7 Å². The van der Waals surface area contributed by atoms with Crippen LogP contribution in [-0.2, 0) is 19.2 Å². The first-order valence-corrected chi connectivity index (χ1v) is 6.41. The van der Waals surface area contributed by atoms with Crippen LogP contribution >= 0.6 is 0 Å². The summed E-state index contributed by atoms with van der Waals surface area (Å²) in [7, 11) is 1.28. The summed E-state index contributed by atoms with van der Waals surface area (Å²) in [4.78, 5) is 27.0. The van der Waals surface area contributed by atoms with Gasteiger partial charge in [0.15, 0.2) is 6.04 Å². The largest absolute Gasteiger partial charge is 0.569 e. The predicted octanol–water partition coefficient (Wildman–Crippen LogP) is 1.38. The van der Waals surface area contributed by atoms with E-state index in [4.69, 9.17) is 9.84 Å². The third-order valence-electron chi connectivity index (χ3n) is 2.54. The molecule has 1 N–H and O–H groups in total. The van der Waals surface area contributed by atoms with Gasteiger partial charge in [0.25, 0.3) is 6.79 Å². The number of aliphatic carboxylic acids is 1. The van der Waals surface area contributed by atoms with Gasteiger partial charge in [0.2, 0.25) is 5.28 Å². The SMILES string of the molecule is CC(C)[C@@H](C(=O)O)N(C)/[N+]([O-])=N/OCOC(=O)C(C)(C)C. The van der Waals surface area contributed by atoms with Gasteiger partial charge < -0.3 is 19.9 Å². The van der Waals surface area contributed by atoms with Gasteiger partial charge in [-0.2, -0.15) is 0 Å². The summed E-state index contributed by atoms with van der Waals surface area (Å²) >= 11 is 0. The van der Waals surface area contributed by atoms with Gasteiger partial charge in [-0.25, -0.2) is 4.79 Å². The van der Waals surface area contributed by atoms with Gasteiger partial charge in [-0.3, -0.25) is 4.79 Å². The zero-order valence-electron chi connectivity index (χ0n) is 13.2. The number of rotatable bonds is 7. The van der Waals surface area contributed by atoms with Gasteiger partial charge in [0.05, 0.1) is 17.4 Å². The fraction of sp³-hybridized carbons (Fsp3) is 0.833. The van der Waals surface area contributed by atoms with Gasteiger partial charge in [0, 0.05) is 0 Å². The molecule has 0 rings (SSSR count). The molecule has 9 heteroatoms. The molecule has 0 amide bonds. The molecular weight excluding hydrogens is 282 g/mol. The first-order chi connectivity index (χ1) is 9.48. The van der Waals surface area contributed by atoms with E-state index >= 15 is 0 Å². The van der Waals surface area contributed by atoms with Crippen LogP contribution in [0.5, 0.6) is 0 Å². The lowest BCUT2D eigenvalue weighted by atomic mass is 9.98. The number of hydrogen-bond donors (Lipinski definition) is 1. The summed E-state index contributed by atoms with van der Waals surface area (Å²) in [5, 5.41) is 24.6. The molecule has 0 aromatic heterocycles. The number of likely N-dealkylation sites (N-methyl/N-ethyl adjacent to an activating group) is 1. The Labute approximate surface area is 123 Å². The number of carboxylic acids is 1. The second kappa shape index (κ2) is 7.65. The minimum atomic E-state index is -1.15. The van der Waals surface area contributed by atoms with Crippen molar-refractivity contribution in [1.29, 1.82) is 0 Å². The Hall–Kier alpha value is -2.06. The molecule has 0 unspecified atom stereocenters. The molecule has 0 aromatic rings. The van der Waals surface area contributed by atoms with E-state index in [1.807, 2.05) is 0 Å². The summed E-state index contributed by atoms with van der Waals surface area (Å²) in [6, 6.07) is -1.05. The fourth-order valence-corrected chi connectivity index (χ4v) is 1.41. The molecule has 0 fully saturated rings. The van der Waals surface area contributed by atoms with Crippen LogP contribution in [0.1, 0.15) is 34.6 Å². The van der Waals surface area contributed by atoms with Gasteiger partial charge in [-0.05, 0) is 26.7 Å². The highest BCUT2D eigenvalue weighted by Crippen LogP contribution is 2.15. The van der Waals surface area contributed by atoms with Crippen molar-refractivity contribution in [1.82, 2.24) is 5.01 Å². The van der Waals surface area contributed by atoms with Crippen LogP contribution in [0.2, 0.25) is 0 Å². The van der Waals surface area contributed by atoms with E-state index < -0.39 is 30.2 Å². The van der Waals surface area contributed by atoms with Crippen LogP contribution in [0.15, 0.2) is 5.28 Å². The molecule has 0 aliphatic carbocycles. The molecule has 9 nitrogen and oxygen atoms in total. The number of esters is 1. The molecule has 122 valence electrons. The van der Waals surface area contributed by atoms with Gasteiger partial charge in [-0.1, -0.05) is 13.8 Å². The molecule has 0 aliphatic heterocycles. The lowest BCUT2D eigenvalue weighted by Gasteiger charge is -2.23. The van der Waals surface area contributed by atoms with Crippen LogP contribution in [0.4, 0.5) is 0 Å². The second-order valence-electron chi connectivity index (χ2n) is 5.86. The average molecular weight is 305 g/mol. The summed E-state index contributed by atoms with van der Waals surface area (Å²) in [5.74, 6) is -1.96. The standard InChI is InChI=1S/C12H23N3O6/c1-8(2)9(10(16)17)14(6)15(19)13-21-7-20-11(18)12(3,4)5/h8-9H,7H2,1-6H3,(H,16,17)/b15-13-/t9-/m0/s1. The molecule has 1 atom stereocenters. The van der Waals surface area contributed by atoms with Crippen molar-refractivity contribution >= 4 is 11.9 Å². The van der Waals surface area contributed by atoms with Crippen LogP contribution in [0.3, 0.4) is 0 Å². The third kappa shape index (κ3) is 6.28. The zero-order chi connectivity index (χ0) is 16.8. The normalized spacial score (nSPS) is 13.8. The first kappa shape index (κ1) is 18.9. The molecule has 0 spiro atoms. The number of nitrogens with zero attached hydrogens (tertiary/aromatic N) is 3. The van der Waals surface area contributed by atoms with E-state index in [0.717, 1.165) is 5.01 Å². The van der Waals surface area contributed by atoms with Crippen molar-refractivity contribution in [3.8, 4) is 0 Å². The lowest BCUT2D eigenvalue weighted by molar-refractivity contribution is -0.712. The quantitative estimate of drug-likeness (QED) is 0.189. The Balaban J connectivity index is 4.48. The summed E-state index contributed by atoms with van der Waals surface area (Å²) in [6.45, 7) is 7.80. The summed E-state index contributed by atoms with van der Waals surface area (Å²) in [5.41, 5.74) is -0.691. The zero-order valence-corrected chi connectivity index (χ0v) is 13.2. The number of carbonyl (C=O) groups excluding carboxylic acids is 1. The Kier molecular flexibility index (Phi) is 6.90. The molecule has 0 aromatic carbocycles. The molecule has 0 saturated carbocycles. The van der Waals surface area contributed by atoms with Crippen LogP contribution in [0.25, 0.3) is 0 Å². The lowest BCUT2D eigenvalue weighted by Crippen LogP contribution is -2.45. The third-order valence-corrected chi connectivity index (χ3v) is 2.54. The summed E-state index contributed by atoms with van der Waals surface area (Å²) < 4.78 is 4.74. The predicted molar refractivity (Wildman–Crippen MR) is 71.6 cm³/mol. The maximum atomic E-state index is 11.6. The molecule has 0 bridgehead atoms. The smallest absolute Gasteiger partial charge is 0.332 e. The van der Waals surface area contributed by atoms with Crippen LogP contribution in [-0.4, -0.2) is 46.9 Å². The first-order valence-electron chi connectivity index (χ1n) is 6.41. The molecule has 0 aliphatic rings. The highest BCUT2D eigenvalue weighted by molar-refractivity contribution is 5.75. The molecule has 21 heavy (non-hydrogen) atoms. The van der Waals surface area contributed by atoms with Gasteiger partial charge in [-0.15, -0.1) is 5.01 Å². The maximum absolute atomic E-state index is 11.6. The highest BCUT2D eigenvalue weighted by Gasteiger charge is 2.32. The van der Waals surface area contributed by atoms with Gasteiger partial charge in [0.1, 0.15) is 0 Å². The Morgan fingerprint density at radius 3 is 2.29 bits per heavy atom. The van der Waals surface area contributed by atoms with Gasteiger partial charge >= 0.3 is 11.9 Å². The topological polar surface area (TPSA) is 114 Å².